The summed E-state index contributed by atoms with van der Waals surface area (Å²) in [6, 6.07) is 21.7. The molecular formula is C26H17Cl. The summed E-state index contributed by atoms with van der Waals surface area (Å²) in [5.41, 5.74) is 2.80. The van der Waals surface area contributed by atoms with Gasteiger partial charge in [0, 0.05) is 5.02 Å². The van der Waals surface area contributed by atoms with E-state index in [1.165, 1.54) is 0 Å². The van der Waals surface area contributed by atoms with Gasteiger partial charge in [0.2, 0.25) is 0 Å². The third kappa shape index (κ3) is 2.70. The number of halogens is 1. The standard InChI is InChI=1S/C26H17Cl/c27-20-12-8-11-19(17-20)26-23-15-6-4-13-21(23)25(18-9-2-1-3-10-18)22-14-5-7-16-24(22)26/h1-17H/i1D,2D,3D,9D,10D. The van der Waals surface area contributed by atoms with E-state index in [1.807, 2.05) is 72.8 Å². The van der Waals surface area contributed by atoms with E-state index in [1.54, 1.807) is 0 Å². The van der Waals surface area contributed by atoms with E-state index in [9.17, 15) is 0 Å². The highest BCUT2D eigenvalue weighted by Gasteiger charge is 2.15. The summed E-state index contributed by atoms with van der Waals surface area (Å²) < 4.78 is 41.5. The molecule has 128 valence electrons. The van der Waals surface area contributed by atoms with Gasteiger partial charge >= 0.3 is 0 Å². The van der Waals surface area contributed by atoms with Crippen LogP contribution in [0, 0.1) is 0 Å². The number of hydrogen-bond acceptors (Lipinski definition) is 0. The molecule has 5 rings (SSSR count). The molecule has 1 heteroatoms. The lowest BCUT2D eigenvalue weighted by atomic mass is 9.86. The molecule has 27 heavy (non-hydrogen) atoms. The fourth-order valence-electron chi connectivity index (χ4n) is 3.73. The first kappa shape index (κ1) is 11.6. The van der Waals surface area contributed by atoms with E-state index >= 15 is 0 Å². The Bertz CT molecular complexity index is 1460. The summed E-state index contributed by atoms with van der Waals surface area (Å²) in [5.74, 6) is 0. The predicted octanol–water partition coefficient (Wildman–Crippen LogP) is 7.98. The maximum atomic E-state index is 8.58. The first-order valence-corrected chi connectivity index (χ1v) is 9.04. The van der Waals surface area contributed by atoms with Crippen LogP contribution in [0.4, 0.5) is 0 Å². The van der Waals surface area contributed by atoms with E-state index in [0.29, 0.717) is 10.6 Å². The van der Waals surface area contributed by atoms with Crippen molar-refractivity contribution in [1.82, 2.24) is 0 Å². The second-order valence-electron chi connectivity index (χ2n) is 6.35. The van der Waals surface area contributed by atoms with E-state index in [4.69, 9.17) is 18.5 Å². The lowest BCUT2D eigenvalue weighted by molar-refractivity contribution is 1.65. The highest BCUT2D eigenvalue weighted by molar-refractivity contribution is 6.31. The number of fused-ring (bicyclic) bond motifs is 2. The molecule has 0 amide bonds. The van der Waals surface area contributed by atoms with Crippen LogP contribution in [0.25, 0.3) is 43.8 Å². The van der Waals surface area contributed by atoms with Crippen molar-refractivity contribution in [3.63, 3.8) is 0 Å². The molecule has 0 unspecified atom stereocenters. The van der Waals surface area contributed by atoms with Crippen LogP contribution in [0.1, 0.15) is 6.85 Å². The van der Waals surface area contributed by atoms with Crippen LogP contribution < -0.4 is 0 Å². The molecule has 5 aromatic carbocycles. The van der Waals surface area contributed by atoms with Gasteiger partial charge < -0.3 is 0 Å². The zero-order valence-corrected chi connectivity index (χ0v) is 15.1. The maximum absolute atomic E-state index is 8.58. The first-order chi connectivity index (χ1) is 15.4. The van der Waals surface area contributed by atoms with Gasteiger partial charge in [-0.25, -0.2) is 0 Å². The van der Waals surface area contributed by atoms with Crippen LogP contribution in [-0.2, 0) is 0 Å². The molecule has 0 spiro atoms. The van der Waals surface area contributed by atoms with E-state index in [-0.39, 0.29) is 29.7 Å². The van der Waals surface area contributed by atoms with E-state index in [2.05, 4.69) is 0 Å². The molecule has 0 aliphatic rings. The molecular weight excluding hydrogens is 348 g/mol. The predicted molar refractivity (Wildman–Crippen MR) is 117 cm³/mol. The third-order valence-corrected chi connectivity index (χ3v) is 5.03. The van der Waals surface area contributed by atoms with Crippen molar-refractivity contribution in [3.8, 4) is 22.3 Å². The second-order valence-corrected chi connectivity index (χ2v) is 6.79. The van der Waals surface area contributed by atoms with Gasteiger partial charge in [0.15, 0.2) is 0 Å². The molecule has 0 fully saturated rings. The molecule has 0 heterocycles. The van der Waals surface area contributed by atoms with Gasteiger partial charge in [-0.15, -0.1) is 0 Å². The molecule has 0 aliphatic heterocycles. The summed E-state index contributed by atoms with van der Waals surface area (Å²) in [6.07, 6.45) is 0. The Balaban J connectivity index is 2.04. The van der Waals surface area contributed by atoms with Gasteiger partial charge in [0.05, 0.1) is 6.85 Å². The van der Waals surface area contributed by atoms with E-state index < -0.39 is 6.04 Å². The minimum Gasteiger partial charge on any atom is -0.0843 e. The third-order valence-electron chi connectivity index (χ3n) is 4.79. The molecule has 5 aromatic rings. The summed E-state index contributed by atoms with van der Waals surface area (Å²) in [7, 11) is 0. The normalized spacial score (nSPS) is 13.7. The Morgan fingerprint density at radius 1 is 0.556 bits per heavy atom. The van der Waals surface area contributed by atoms with Crippen molar-refractivity contribution in [2.24, 2.45) is 0 Å². The van der Waals surface area contributed by atoms with Gasteiger partial charge in [-0.2, -0.15) is 0 Å². The van der Waals surface area contributed by atoms with Crippen molar-refractivity contribution in [3.05, 3.63) is 108 Å². The Morgan fingerprint density at radius 3 is 1.59 bits per heavy atom. The zero-order valence-electron chi connectivity index (χ0n) is 19.3. The largest absolute Gasteiger partial charge is 0.0843 e. The molecule has 0 saturated carbocycles. The van der Waals surface area contributed by atoms with Crippen molar-refractivity contribution < 1.29 is 6.85 Å². The number of rotatable bonds is 2. The summed E-state index contributed by atoms with van der Waals surface area (Å²) in [4.78, 5) is 0. The van der Waals surface area contributed by atoms with Crippen molar-refractivity contribution >= 4 is 33.1 Å². The van der Waals surface area contributed by atoms with Crippen LogP contribution in [0.2, 0.25) is 5.02 Å². The second kappa shape index (κ2) is 6.57. The van der Waals surface area contributed by atoms with Gasteiger partial charge in [-0.05, 0) is 55.9 Å². The Morgan fingerprint density at radius 2 is 1.07 bits per heavy atom. The van der Waals surface area contributed by atoms with Gasteiger partial charge in [-0.1, -0.05) is 102 Å². The molecule has 0 nitrogen and oxygen atoms in total. The van der Waals surface area contributed by atoms with Gasteiger partial charge in [0.1, 0.15) is 0 Å². The van der Waals surface area contributed by atoms with Gasteiger partial charge in [0.25, 0.3) is 0 Å². The Labute approximate surface area is 170 Å². The Hall–Kier alpha value is -3.09. The van der Waals surface area contributed by atoms with Crippen molar-refractivity contribution in [2.75, 3.05) is 0 Å². The van der Waals surface area contributed by atoms with Gasteiger partial charge in [-0.3, -0.25) is 0 Å². The fraction of sp³-hybridized carbons (Fsp3) is 0. The minimum absolute atomic E-state index is 0.207. The van der Waals surface area contributed by atoms with Crippen LogP contribution in [-0.4, -0.2) is 0 Å². The molecule has 0 N–H and O–H groups in total. The maximum Gasteiger partial charge on any atom is 0.0629 e. The average Bonchev–Trinajstić information content (AvgIpc) is 2.81. The van der Waals surface area contributed by atoms with Crippen LogP contribution in [0.3, 0.4) is 0 Å². The zero-order chi connectivity index (χ0) is 22.6. The Kier molecular flexibility index (Phi) is 2.82. The lowest BCUT2D eigenvalue weighted by Crippen LogP contribution is -1.90. The molecule has 0 bridgehead atoms. The number of hydrogen-bond donors (Lipinski definition) is 0. The fourth-order valence-corrected chi connectivity index (χ4v) is 3.92. The first-order valence-electron chi connectivity index (χ1n) is 11.2. The van der Waals surface area contributed by atoms with E-state index in [0.717, 1.165) is 32.7 Å². The van der Waals surface area contributed by atoms with Crippen LogP contribution >= 0.6 is 11.6 Å². The highest BCUT2D eigenvalue weighted by Crippen LogP contribution is 2.43. The molecule has 0 aliphatic carbocycles. The topological polar surface area (TPSA) is 0 Å². The SMILES string of the molecule is [2H]c1c([2H])c([2H])c(-c2c3ccccc3c(-c3cccc(Cl)c3)c3ccccc23)c([2H])c1[2H]. The smallest absolute Gasteiger partial charge is 0.0629 e. The van der Waals surface area contributed by atoms with Crippen molar-refractivity contribution in [2.45, 2.75) is 0 Å². The molecule has 0 radical (unpaired) electrons. The van der Waals surface area contributed by atoms with Crippen molar-refractivity contribution in [1.29, 1.82) is 0 Å². The number of benzene rings is 5. The van der Waals surface area contributed by atoms with Crippen LogP contribution in [0.5, 0.6) is 0 Å². The quantitative estimate of drug-likeness (QED) is 0.277. The van der Waals surface area contributed by atoms with Crippen LogP contribution in [0.15, 0.2) is 103 Å². The lowest BCUT2D eigenvalue weighted by Gasteiger charge is -2.17. The monoisotopic (exact) mass is 369 g/mol. The summed E-state index contributed by atoms with van der Waals surface area (Å²) in [6.45, 7) is 0. The average molecular weight is 370 g/mol. The molecule has 0 saturated heterocycles. The summed E-state index contributed by atoms with van der Waals surface area (Å²) in [5, 5.41) is 4.12. The molecule has 0 atom stereocenters. The highest BCUT2D eigenvalue weighted by atomic mass is 35.5. The summed E-state index contributed by atoms with van der Waals surface area (Å²) >= 11 is 6.31. The molecule has 0 aromatic heterocycles. The minimum atomic E-state index is -0.395.